The van der Waals surface area contributed by atoms with E-state index in [9.17, 15) is 22.4 Å². The van der Waals surface area contributed by atoms with Crippen LogP contribution in [0.25, 0.3) is 0 Å². The fourth-order valence-electron chi connectivity index (χ4n) is 3.67. The van der Waals surface area contributed by atoms with Crippen LogP contribution in [0.15, 0.2) is 65.6 Å². The number of nitrogens with one attached hydrogen (secondary N) is 1. The third-order valence-electron chi connectivity index (χ3n) is 5.31. The topological polar surface area (TPSA) is 92.8 Å². The lowest BCUT2D eigenvalue weighted by molar-refractivity contribution is 0.0521. The fourth-order valence-corrected chi connectivity index (χ4v) is 5.46. The summed E-state index contributed by atoms with van der Waals surface area (Å²) in [7, 11) is -3.88. The van der Waals surface area contributed by atoms with Crippen LogP contribution in [-0.4, -0.2) is 33.4 Å². The molecule has 7 nitrogen and oxygen atoms in total. The summed E-state index contributed by atoms with van der Waals surface area (Å²) in [5.41, 5.74) is 1.28. The maximum absolute atomic E-state index is 14.3. The molecule has 1 heterocycles. The summed E-state index contributed by atoms with van der Waals surface area (Å²) in [6, 6.07) is 14.4. The van der Waals surface area contributed by atoms with Gasteiger partial charge in [0.05, 0.1) is 22.8 Å². The number of anilines is 2. The Labute approximate surface area is 201 Å². The summed E-state index contributed by atoms with van der Waals surface area (Å²) < 4.78 is 46.7. The van der Waals surface area contributed by atoms with Gasteiger partial charge in [-0.25, -0.2) is 17.6 Å². The number of hydrogen-bond donors (Lipinski definition) is 1. The minimum absolute atomic E-state index is 0.0554. The van der Waals surface area contributed by atoms with Gasteiger partial charge in [-0.3, -0.25) is 9.10 Å². The number of nitrogens with zero attached hydrogens (tertiary/aromatic N) is 1. The molecule has 0 bridgehead atoms. The molecule has 0 aliphatic carbocycles. The van der Waals surface area contributed by atoms with Gasteiger partial charge in [-0.05, 0) is 67.4 Å². The second kappa shape index (κ2) is 9.44. The highest BCUT2D eigenvalue weighted by molar-refractivity contribution is 7.92. The first-order valence-electron chi connectivity index (χ1n) is 10.4. The molecule has 0 spiro atoms. The van der Waals surface area contributed by atoms with Crippen LogP contribution in [0.1, 0.15) is 33.2 Å². The van der Waals surface area contributed by atoms with Gasteiger partial charge < -0.3 is 10.1 Å². The van der Waals surface area contributed by atoms with Crippen LogP contribution in [0.4, 0.5) is 15.8 Å². The normalized spacial score (nSPS) is 12.9. The molecular weight excluding hydrogens is 483 g/mol. The van der Waals surface area contributed by atoms with Crippen LogP contribution >= 0.6 is 11.6 Å². The van der Waals surface area contributed by atoms with Gasteiger partial charge in [0.25, 0.3) is 15.9 Å². The Hall–Kier alpha value is -3.43. The van der Waals surface area contributed by atoms with Crippen LogP contribution < -0.4 is 9.62 Å². The first kappa shape index (κ1) is 23.7. The SMILES string of the molecule is CCOC(=O)c1ccc(NC(=O)c2ccc3c(c2)N(S(=O)(=O)c2cccc(Cl)c2)CC3)cc1F. The summed E-state index contributed by atoms with van der Waals surface area (Å²) in [6.07, 6.45) is 0.498. The Morgan fingerprint density at radius 1 is 1.12 bits per heavy atom. The van der Waals surface area contributed by atoms with Crippen LogP contribution in [0.5, 0.6) is 0 Å². The summed E-state index contributed by atoms with van der Waals surface area (Å²) in [4.78, 5) is 24.6. The Kier molecular flexibility index (Phi) is 6.58. The van der Waals surface area contributed by atoms with E-state index < -0.39 is 27.7 Å². The fraction of sp³-hybridized carbons (Fsp3) is 0.167. The molecule has 4 rings (SSSR count). The zero-order valence-electron chi connectivity index (χ0n) is 18.0. The van der Waals surface area contributed by atoms with Gasteiger partial charge in [0.15, 0.2) is 0 Å². The van der Waals surface area contributed by atoms with Crippen molar-refractivity contribution in [2.45, 2.75) is 18.2 Å². The molecule has 3 aromatic rings. The maximum atomic E-state index is 14.3. The van der Waals surface area contributed by atoms with Crippen molar-refractivity contribution in [3.63, 3.8) is 0 Å². The lowest BCUT2D eigenvalue weighted by atomic mass is 10.1. The number of ether oxygens (including phenoxy) is 1. The minimum atomic E-state index is -3.88. The van der Waals surface area contributed by atoms with E-state index in [2.05, 4.69) is 5.32 Å². The van der Waals surface area contributed by atoms with Crippen molar-refractivity contribution in [1.29, 1.82) is 0 Å². The molecule has 0 saturated heterocycles. The first-order valence-corrected chi connectivity index (χ1v) is 12.2. The highest BCUT2D eigenvalue weighted by atomic mass is 35.5. The van der Waals surface area contributed by atoms with Crippen molar-refractivity contribution in [3.8, 4) is 0 Å². The van der Waals surface area contributed by atoms with E-state index in [0.29, 0.717) is 17.1 Å². The number of esters is 1. The van der Waals surface area contributed by atoms with Gasteiger partial charge >= 0.3 is 5.97 Å². The molecule has 0 fully saturated rings. The number of carbonyl (C=O) groups excluding carboxylic acids is 2. The lowest BCUT2D eigenvalue weighted by Crippen LogP contribution is -2.29. The van der Waals surface area contributed by atoms with E-state index >= 15 is 0 Å². The van der Waals surface area contributed by atoms with Crippen LogP contribution in [0.3, 0.4) is 0 Å². The summed E-state index contributed by atoms with van der Waals surface area (Å²) >= 11 is 5.97. The highest BCUT2D eigenvalue weighted by Crippen LogP contribution is 2.34. The second-order valence-corrected chi connectivity index (χ2v) is 9.80. The molecule has 34 heavy (non-hydrogen) atoms. The van der Waals surface area contributed by atoms with Gasteiger partial charge in [-0.15, -0.1) is 0 Å². The molecule has 0 aromatic heterocycles. The monoisotopic (exact) mass is 502 g/mol. The summed E-state index contributed by atoms with van der Waals surface area (Å²) in [5.74, 6) is -2.18. The van der Waals surface area contributed by atoms with Crippen LogP contribution in [0.2, 0.25) is 5.02 Å². The molecule has 1 amide bonds. The highest BCUT2D eigenvalue weighted by Gasteiger charge is 2.31. The van der Waals surface area contributed by atoms with E-state index in [0.717, 1.165) is 11.6 Å². The standard InChI is InChI=1S/C24H20ClFN2O5S/c1-2-33-24(30)20-9-8-18(14-21(20)26)27-23(29)16-7-6-15-10-11-28(22(15)12-16)34(31,32)19-5-3-4-17(25)13-19/h3-9,12-14H,2,10-11H2,1H3,(H,27,29). The van der Waals surface area contributed by atoms with Crippen molar-refractivity contribution in [1.82, 2.24) is 0 Å². The molecule has 1 aliphatic heterocycles. The van der Waals surface area contributed by atoms with Gasteiger partial charge in [-0.1, -0.05) is 23.7 Å². The quantitative estimate of drug-likeness (QED) is 0.495. The lowest BCUT2D eigenvalue weighted by Gasteiger charge is -2.20. The molecule has 1 N–H and O–H groups in total. The number of carbonyl (C=O) groups is 2. The molecule has 0 radical (unpaired) electrons. The third kappa shape index (κ3) is 4.62. The molecule has 1 aliphatic rings. The number of sulfonamides is 1. The average Bonchev–Trinajstić information content (AvgIpc) is 3.23. The molecule has 176 valence electrons. The largest absolute Gasteiger partial charge is 0.462 e. The number of rotatable bonds is 6. The number of benzene rings is 3. The second-order valence-electron chi connectivity index (χ2n) is 7.50. The molecular formula is C24H20ClFN2O5S. The van der Waals surface area contributed by atoms with Crippen molar-refractivity contribution in [2.24, 2.45) is 0 Å². The number of halogens is 2. The molecule has 10 heteroatoms. The van der Waals surface area contributed by atoms with E-state index in [4.69, 9.17) is 16.3 Å². The predicted octanol–water partition coefficient (Wildman–Crippen LogP) is 4.66. The zero-order valence-corrected chi connectivity index (χ0v) is 19.6. The van der Waals surface area contributed by atoms with Crippen molar-refractivity contribution >= 4 is 44.9 Å². The smallest absolute Gasteiger partial charge is 0.341 e. The predicted molar refractivity (Wildman–Crippen MR) is 126 cm³/mol. The first-order chi connectivity index (χ1) is 16.2. The minimum Gasteiger partial charge on any atom is -0.462 e. The van der Waals surface area contributed by atoms with Crippen LogP contribution in [-0.2, 0) is 21.2 Å². The molecule has 3 aromatic carbocycles. The van der Waals surface area contributed by atoms with Gasteiger partial charge in [0.2, 0.25) is 0 Å². The number of amides is 1. The van der Waals surface area contributed by atoms with Gasteiger partial charge in [-0.2, -0.15) is 0 Å². The zero-order chi connectivity index (χ0) is 24.5. The van der Waals surface area contributed by atoms with Crippen molar-refractivity contribution in [2.75, 3.05) is 22.8 Å². The molecule has 0 unspecified atom stereocenters. The average molecular weight is 503 g/mol. The Balaban J connectivity index is 1.58. The summed E-state index contributed by atoms with van der Waals surface area (Å²) in [5, 5.41) is 2.87. The van der Waals surface area contributed by atoms with Crippen molar-refractivity contribution in [3.05, 3.63) is 88.2 Å². The molecule has 0 atom stereocenters. The summed E-state index contributed by atoms with van der Waals surface area (Å²) in [6.45, 7) is 1.96. The van der Waals surface area contributed by atoms with Gasteiger partial charge in [0, 0.05) is 22.8 Å². The maximum Gasteiger partial charge on any atom is 0.341 e. The molecule has 0 saturated carbocycles. The van der Waals surface area contributed by atoms with E-state index in [1.165, 1.54) is 34.6 Å². The van der Waals surface area contributed by atoms with E-state index in [1.807, 2.05) is 0 Å². The third-order valence-corrected chi connectivity index (χ3v) is 7.35. The Bertz CT molecular complexity index is 1390. The van der Waals surface area contributed by atoms with E-state index in [1.54, 1.807) is 31.2 Å². The number of fused-ring (bicyclic) bond motifs is 1. The van der Waals surface area contributed by atoms with E-state index in [-0.39, 0.29) is 34.9 Å². The Morgan fingerprint density at radius 2 is 1.91 bits per heavy atom. The Morgan fingerprint density at radius 3 is 2.62 bits per heavy atom. The van der Waals surface area contributed by atoms with Gasteiger partial charge in [0.1, 0.15) is 5.82 Å². The van der Waals surface area contributed by atoms with Crippen molar-refractivity contribution < 1.29 is 27.1 Å². The van der Waals surface area contributed by atoms with Crippen LogP contribution in [0, 0.1) is 5.82 Å². The number of hydrogen-bond acceptors (Lipinski definition) is 5.